The number of aromatic amines is 1. The second kappa shape index (κ2) is 9.61. The molecule has 0 fully saturated rings. The molecule has 1 aromatic heterocycles. The predicted molar refractivity (Wildman–Crippen MR) is 113 cm³/mol. The zero-order chi connectivity index (χ0) is 19.9. The van der Waals surface area contributed by atoms with Gasteiger partial charge in [-0.25, -0.2) is 4.68 Å². The summed E-state index contributed by atoms with van der Waals surface area (Å²) in [7, 11) is 0. The van der Waals surface area contributed by atoms with E-state index in [2.05, 4.69) is 15.6 Å². The van der Waals surface area contributed by atoms with Crippen LogP contribution in [0, 0.1) is 4.77 Å². The van der Waals surface area contributed by atoms with Crippen LogP contribution in [-0.4, -0.2) is 21.5 Å². The maximum atomic E-state index is 6.14. The summed E-state index contributed by atoms with van der Waals surface area (Å²) in [5.74, 6) is 2.26. The first-order valence-electron chi connectivity index (χ1n) is 9.14. The van der Waals surface area contributed by atoms with Gasteiger partial charge in [-0.15, -0.1) is 0 Å². The number of para-hydroxylation sites is 1. The van der Waals surface area contributed by atoms with E-state index in [1.54, 1.807) is 4.68 Å². The summed E-state index contributed by atoms with van der Waals surface area (Å²) in [6.45, 7) is 5.46. The van der Waals surface area contributed by atoms with Crippen LogP contribution in [0.15, 0.2) is 42.5 Å². The Morgan fingerprint density at radius 2 is 1.93 bits per heavy atom. The van der Waals surface area contributed by atoms with Crippen LogP contribution in [0.4, 0.5) is 0 Å². The van der Waals surface area contributed by atoms with Crippen LogP contribution in [-0.2, 0) is 19.6 Å². The minimum Gasteiger partial charge on any atom is -0.490 e. The van der Waals surface area contributed by atoms with Crippen LogP contribution in [0.2, 0.25) is 5.02 Å². The van der Waals surface area contributed by atoms with E-state index in [0.29, 0.717) is 41.1 Å². The van der Waals surface area contributed by atoms with Crippen molar-refractivity contribution in [3.63, 3.8) is 0 Å². The maximum Gasteiger partial charge on any atom is 0.214 e. The molecule has 28 heavy (non-hydrogen) atoms. The molecule has 6 nitrogen and oxygen atoms in total. The number of halogens is 1. The molecule has 0 radical (unpaired) electrons. The zero-order valence-electron chi connectivity index (χ0n) is 15.9. The monoisotopic (exact) mass is 418 g/mol. The van der Waals surface area contributed by atoms with Crippen molar-refractivity contribution in [2.75, 3.05) is 12.0 Å². The van der Waals surface area contributed by atoms with Gasteiger partial charge in [0.1, 0.15) is 6.61 Å². The fourth-order valence-electron chi connectivity index (χ4n) is 2.76. The average molecular weight is 419 g/mol. The summed E-state index contributed by atoms with van der Waals surface area (Å²) in [5, 5.41) is 7.72. The lowest BCUT2D eigenvalue weighted by molar-refractivity contribution is 0.267. The highest BCUT2D eigenvalue weighted by atomic mass is 35.5. The van der Waals surface area contributed by atoms with Crippen LogP contribution in [0.3, 0.4) is 0 Å². The van der Waals surface area contributed by atoms with E-state index in [4.69, 9.17) is 33.3 Å². The lowest BCUT2D eigenvalue weighted by atomic mass is 10.2. The Labute approximate surface area is 174 Å². The van der Waals surface area contributed by atoms with Gasteiger partial charge in [-0.1, -0.05) is 42.8 Å². The van der Waals surface area contributed by atoms with Crippen molar-refractivity contribution < 1.29 is 9.47 Å². The molecule has 0 atom stereocenters. The molecule has 2 N–H and O–H groups in total. The molecule has 8 heteroatoms. The minimum atomic E-state index is 0.416. The summed E-state index contributed by atoms with van der Waals surface area (Å²) in [6, 6.07) is 13.5. The van der Waals surface area contributed by atoms with E-state index < -0.39 is 0 Å². The molecule has 2 aromatic carbocycles. The molecular formula is C20H23ClN4O2S. The van der Waals surface area contributed by atoms with Gasteiger partial charge >= 0.3 is 0 Å². The Hall–Kier alpha value is -2.51. The molecule has 3 aromatic rings. The summed E-state index contributed by atoms with van der Waals surface area (Å²) >= 11 is 11.3. The van der Waals surface area contributed by atoms with Crippen molar-refractivity contribution in [2.24, 2.45) is 0 Å². The van der Waals surface area contributed by atoms with E-state index in [9.17, 15) is 0 Å². The summed E-state index contributed by atoms with van der Waals surface area (Å²) in [4.78, 5) is 0. The van der Waals surface area contributed by atoms with E-state index in [1.807, 2.05) is 56.3 Å². The van der Waals surface area contributed by atoms with Gasteiger partial charge < -0.3 is 14.9 Å². The van der Waals surface area contributed by atoms with E-state index in [-0.39, 0.29) is 0 Å². The van der Waals surface area contributed by atoms with Gasteiger partial charge in [0.2, 0.25) is 4.77 Å². The molecule has 0 unspecified atom stereocenters. The first-order valence-corrected chi connectivity index (χ1v) is 9.93. The number of rotatable bonds is 9. The number of benzene rings is 2. The normalized spacial score (nSPS) is 10.7. The number of H-pyrrole nitrogens is 1. The number of aryl methyl sites for hydroxylation is 1. The van der Waals surface area contributed by atoms with Gasteiger partial charge in [-0.3, -0.25) is 5.10 Å². The van der Waals surface area contributed by atoms with Crippen LogP contribution in [0.25, 0.3) is 0 Å². The van der Waals surface area contributed by atoms with Crippen LogP contribution < -0.4 is 14.9 Å². The number of hydrogen-bond donors (Lipinski definition) is 2. The molecule has 148 valence electrons. The predicted octanol–water partition coefficient (Wildman–Crippen LogP) is 4.88. The lowest BCUT2D eigenvalue weighted by Crippen LogP contribution is -2.18. The molecular weight excluding hydrogens is 396 g/mol. The number of aromatic nitrogens is 3. The largest absolute Gasteiger partial charge is 0.490 e. The number of ether oxygens (including phenoxy) is 2. The Morgan fingerprint density at radius 1 is 1.14 bits per heavy atom. The SMILES string of the molecule is CCOc1cccc(CNn2c(CC)n[nH]c2=S)c1OCc1ccc(Cl)cc1. The van der Waals surface area contributed by atoms with Crippen molar-refractivity contribution in [2.45, 2.75) is 33.4 Å². The molecule has 0 aliphatic heterocycles. The van der Waals surface area contributed by atoms with Gasteiger partial charge in [-0.2, -0.15) is 5.10 Å². The number of nitrogens with one attached hydrogen (secondary N) is 2. The topological polar surface area (TPSA) is 64.1 Å². The highest BCUT2D eigenvalue weighted by Gasteiger charge is 2.13. The maximum absolute atomic E-state index is 6.14. The fraction of sp³-hybridized carbons (Fsp3) is 0.300. The highest BCUT2D eigenvalue weighted by molar-refractivity contribution is 7.71. The molecule has 0 aliphatic carbocycles. The summed E-state index contributed by atoms with van der Waals surface area (Å²) in [5.41, 5.74) is 5.30. The van der Waals surface area contributed by atoms with Gasteiger partial charge in [0.05, 0.1) is 13.2 Å². The van der Waals surface area contributed by atoms with E-state index >= 15 is 0 Å². The van der Waals surface area contributed by atoms with Crippen molar-refractivity contribution in [1.82, 2.24) is 14.9 Å². The van der Waals surface area contributed by atoms with E-state index in [0.717, 1.165) is 23.4 Å². The molecule has 0 bridgehead atoms. The molecule has 3 rings (SSSR count). The molecule has 0 saturated heterocycles. The van der Waals surface area contributed by atoms with Crippen molar-refractivity contribution in [3.8, 4) is 11.5 Å². The van der Waals surface area contributed by atoms with Gasteiger partial charge in [-0.05, 0) is 42.9 Å². The van der Waals surface area contributed by atoms with Crippen LogP contribution in [0.5, 0.6) is 11.5 Å². The second-order valence-electron chi connectivity index (χ2n) is 6.06. The third-order valence-corrected chi connectivity index (χ3v) is 4.67. The summed E-state index contributed by atoms with van der Waals surface area (Å²) in [6.07, 6.45) is 0.763. The minimum absolute atomic E-state index is 0.416. The third-order valence-electron chi connectivity index (χ3n) is 4.14. The molecule has 0 saturated carbocycles. The Balaban J connectivity index is 1.81. The molecule has 0 aliphatic rings. The molecule has 1 heterocycles. The van der Waals surface area contributed by atoms with E-state index in [1.165, 1.54) is 0 Å². The smallest absolute Gasteiger partial charge is 0.214 e. The number of hydrogen-bond acceptors (Lipinski definition) is 5. The average Bonchev–Trinajstić information content (AvgIpc) is 3.06. The molecule has 0 amide bonds. The summed E-state index contributed by atoms with van der Waals surface area (Å²) < 4.78 is 14.2. The van der Waals surface area contributed by atoms with Crippen LogP contribution >= 0.6 is 23.8 Å². The molecule has 0 spiro atoms. The van der Waals surface area contributed by atoms with Crippen molar-refractivity contribution >= 4 is 23.8 Å². The van der Waals surface area contributed by atoms with Gasteiger partial charge in [0.25, 0.3) is 0 Å². The fourth-order valence-corrected chi connectivity index (χ4v) is 3.11. The van der Waals surface area contributed by atoms with Gasteiger partial charge in [0, 0.05) is 17.0 Å². The third kappa shape index (κ3) is 4.85. The zero-order valence-corrected chi connectivity index (χ0v) is 17.4. The first kappa shape index (κ1) is 20.2. The Kier molecular flexibility index (Phi) is 6.95. The lowest BCUT2D eigenvalue weighted by Gasteiger charge is -2.17. The second-order valence-corrected chi connectivity index (χ2v) is 6.88. The first-order chi connectivity index (χ1) is 13.6. The van der Waals surface area contributed by atoms with Crippen LogP contribution in [0.1, 0.15) is 30.8 Å². The standard InChI is InChI=1S/C20H23ClN4O2S/c1-3-18-23-24-20(28)25(18)22-12-15-6-5-7-17(26-4-2)19(15)27-13-14-8-10-16(21)11-9-14/h5-11,22H,3-4,12-13H2,1-2H3,(H,24,28). The number of nitrogens with zero attached hydrogens (tertiary/aromatic N) is 2. The van der Waals surface area contributed by atoms with Crippen molar-refractivity contribution in [1.29, 1.82) is 0 Å². The quantitative estimate of drug-likeness (QED) is 0.485. The highest BCUT2D eigenvalue weighted by Crippen LogP contribution is 2.32. The van der Waals surface area contributed by atoms with Gasteiger partial charge in [0.15, 0.2) is 17.3 Å². The Morgan fingerprint density at radius 3 is 2.64 bits per heavy atom. The van der Waals surface area contributed by atoms with Crippen molar-refractivity contribution in [3.05, 3.63) is 69.2 Å². The Bertz CT molecular complexity index is 969.